The second kappa shape index (κ2) is 1.50. The standard InChI is InChI=1S/C9H12/c1-6-3-4-8-7(2)5-9(6)8/h3-4,6,8-9H,2,5H2,1H3. The second-order valence-corrected chi connectivity index (χ2v) is 3.30. The van der Waals surface area contributed by atoms with E-state index in [4.69, 9.17) is 0 Å². The van der Waals surface area contributed by atoms with Crippen LogP contribution < -0.4 is 0 Å². The minimum Gasteiger partial charge on any atom is -0.0992 e. The third-order valence-electron chi connectivity index (χ3n) is 2.73. The van der Waals surface area contributed by atoms with Gasteiger partial charge in [0.25, 0.3) is 0 Å². The molecule has 2 aliphatic carbocycles. The average Bonchev–Trinajstić information content (AvgIpc) is 2.07. The Morgan fingerprint density at radius 3 is 2.78 bits per heavy atom. The van der Waals surface area contributed by atoms with Crippen LogP contribution in [-0.4, -0.2) is 0 Å². The van der Waals surface area contributed by atoms with Gasteiger partial charge in [-0.1, -0.05) is 31.2 Å². The summed E-state index contributed by atoms with van der Waals surface area (Å²) in [6.45, 7) is 6.29. The number of fused-ring (bicyclic) bond motifs is 1. The van der Waals surface area contributed by atoms with Gasteiger partial charge in [0.1, 0.15) is 0 Å². The molecule has 0 heterocycles. The summed E-state index contributed by atoms with van der Waals surface area (Å²) in [5.41, 5.74) is 1.45. The largest absolute Gasteiger partial charge is 0.0992 e. The van der Waals surface area contributed by atoms with Gasteiger partial charge in [0, 0.05) is 5.92 Å². The zero-order valence-electron chi connectivity index (χ0n) is 5.80. The summed E-state index contributed by atoms with van der Waals surface area (Å²) < 4.78 is 0. The zero-order chi connectivity index (χ0) is 6.43. The summed E-state index contributed by atoms with van der Waals surface area (Å²) in [6, 6.07) is 0. The fourth-order valence-corrected chi connectivity index (χ4v) is 1.94. The lowest BCUT2D eigenvalue weighted by Crippen LogP contribution is -2.26. The molecule has 2 rings (SSSR count). The lowest BCUT2D eigenvalue weighted by atomic mass is 9.69. The van der Waals surface area contributed by atoms with Crippen molar-refractivity contribution in [3.8, 4) is 0 Å². The van der Waals surface area contributed by atoms with Crippen LogP contribution in [0.3, 0.4) is 0 Å². The van der Waals surface area contributed by atoms with Crippen molar-refractivity contribution in [3.63, 3.8) is 0 Å². The van der Waals surface area contributed by atoms with Gasteiger partial charge in [0.05, 0.1) is 0 Å². The van der Waals surface area contributed by atoms with E-state index >= 15 is 0 Å². The Labute approximate surface area is 56.3 Å². The second-order valence-electron chi connectivity index (χ2n) is 3.30. The first kappa shape index (κ1) is 5.28. The molecule has 1 fully saturated rings. The number of hydrogen-bond donors (Lipinski definition) is 0. The molecule has 0 aromatic carbocycles. The van der Waals surface area contributed by atoms with Crippen LogP contribution in [0.5, 0.6) is 0 Å². The number of rotatable bonds is 0. The molecule has 0 aromatic heterocycles. The van der Waals surface area contributed by atoms with Crippen LogP contribution >= 0.6 is 0 Å². The Balaban J connectivity index is 2.19. The highest BCUT2D eigenvalue weighted by Crippen LogP contribution is 2.48. The summed E-state index contributed by atoms with van der Waals surface area (Å²) in [5, 5.41) is 0. The molecule has 0 bridgehead atoms. The van der Waals surface area contributed by atoms with Crippen molar-refractivity contribution in [2.45, 2.75) is 13.3 Å². The monoisotopic (exact) mass is 120 g/mol. The van der Waals surface area contributed by atoms with Gasteiger partial charge in [-0.25, -0.2) is 0 Å². The molecule has 48 valence electrons. The Kier molecular flexibility index (Phi) is 0.879. The zero-order valence-corrected chi connectivity index (χ0v) is 5.80. The highest BCUT2D eigenvalue weighted by atomic mass is 14.4. The van der Waals surface area contributed by atoms with E-state index in [0.29, 0.717) is 0 Å². The van der Waals surface area contributed by atoms with Crippen LogP contribution in [0.4, 0.5) is 0 Å². The Bertz CT molecular complexity index is 176. The molecule has 0 spiro atoms. The van der Waals surface area contributed by atoms with E-state index in [1.807, 2.05) is 0 Å². The molecule has 0 aromatic rings. The number of allylic oxidation sites excluding steroid dienone is 3. The molecular weight excluding hydrogens is 108 g/mol. The van der Waals surface area contributed by atoms with Crippen LogP contribution in [-0.2, 0) is 0 Å². The lowest BCUT2D eigenvalue weighted by molar-refractivity contribution is 0.292. The van der Waals surface area contributed by atoms with Gasteiger partial charge >= 0.3 is 0 Å². The van der Waals surface area contributed by atoms with Crippen LogP contribution in [0, 0.1) is 17.8 Å². The molecule has 3 unspecified atom stereocenters. The predicted octanol–water partition coefficient (Wildman–Crippen LogP) is 2.38. The first-order valence-electron chi connectivity index (χ1n) is 3.65. The number of hydrogen-bond acceptors (Lipinski definition) is 0. The van der Waals surface area contributed by atoms with Gasteiger partial charge < -0.3 is 0 Å². The van der Waals surface area contributed by atoms with E-state index in [1.165, 1.54) is 12.0 Å². The quantitative estimate of drug-likeness (QED) is 0.430. The molecular formula is C9H12. The van der Waals surface area contributed by atoms with E-state index in [-0.39, 0.29) is 0 Å². The van der Waals surface area contributed by atoms with Crippen molar-refractivity contribution in [1.29, 1.82) is 0 Å². The molecule has 0 heteroatoms. The highest BCUT2D eigenvalue weighted by Gasteiger charge is 2.38. The molecule has 0 nitrogen and oxygen atoms in total. The summed E-state index contributed by atoms with van der Waals surface area (Å²) in [4.78, 5) is 0. The van der Waals surface area contributed by atoms with E-state index in [2.05, 4.69) is 25.7 Å². The molecule has 1 saturated carbocycles. The Morgan fingerprint density at radius 1 is 1.56 bits per heavy atom. The van der Waals surface area contributed by atoms with Crippen molar-refractivity contribution in [3.05, 3.63) is 24.3 Å². The maximum atomic E-state index is 3.99. The summed E-state index contributed by atoms with van der Waals surface area (Å²) in [7, 11) is 0. The van der Waals surface area contributed by atoms with Crippen LogP contribution in [0.25, 0.3) is 0 Å². The smallest absolute Gasteiger partial charge is 0.00111 e. The Morgan fingerprint density at radius 2 is 2.33 bits per heavy atom. The van der Waals surface area contributed by atoms with E-state index in [0.717, 1.165) is 17.8 Å². The third kappa shape index (κ3) is 0.536. The Hall–Kier alpha value is -0.520. The molecule has 0 radical (unpaired) electrons. The topological polar surface area (TPSA) is 0 Å². The first-order valence-corrected chi connectivity index (χ1v) is 3.65. The van der Waals surface area contributed by atoms with Gasteiger partial charge in [-0.3, -0.25) is 0 Å². The fraction of sp³-hybridized carbons (Fsp3) is 0.556. The molecule has 0 amide bonds. The highest BCUT2D eigenvalue weighted by molar-refractivity contribution is 5.27. The van der Waals surface area contributed by atoms with Crippen molar-refractivity contribution in [2.75, 3.05) is 0 Å². The first-order chi connectivity index (χ1) is 4.29. The van der Waals surface area contributed by atoms with Crippen molar-refractivity contribution >= 4 is 0 Å². The van der Waals surface area contributed by atoms with E-state index in [9.17, 15) is 0 Å². The van der Waals surface area contributed by atoms with E-state index < -0.39 is 0 Å². The lowest BCUT2D eigenvalue weighted by Gasteiger charge is -2.35. The third-order valence-corrected chi connectivity index (χ3v) is 2.73. The van der Waals surface area contributed by atoms with Gasteiger partial charge in [-0.05, 0) is 18.3 Å². The van der Waals surface area contributed by atoms with Gasteiger partial charge in [-0.15, -0.1) is 0 Å². The van der Waals surface area contributed by atoms with Crippen LogP contribution in [0.15, 0.2) is 24.3 Å². The maximum absolute atomic E-state index is 3.99. The van der Waals surface area contributed by atoms with Gasteiger partial charge in [0.2, 0.25) is 0 Å². The van der Waals surface area contributed by atoms with Crippen molar-refractivity contribution in [1.82, 2.24) is 0 Å². The SMILES string of the molecule is C=C1CC2C(C)C=CC12. The molecule has 2 aliphatic rings. The average molecular weight is 120 g/mol. The van der Waals surface area contributed by atoms with Crippen LogP contribution in [0.2, 0.25) is 0 Å². The van der Waals surface area contributed by atoms with Gasteiger partial charge in [0.15, 0.2) is 0 Å². The minimum atomic E-state index is 0.764. The van der Waals surface area contributed by atoms with Crippen molar-refractivity contribution < 1.29 is 0 Å². The summed E-state index contributed by atoms with van der Waals surface area (Å²) in [5.74, 6) is 2.51. The fourth-order valence-electron chi connectivity index (χ4n) is 1.94. The molecule has 3 atom stereocenters. The van der Waals surface area contributed by atoms with Crippen LogP contribution in [0.1, 0.15) is 13.3 Å². The molecule has 0 aliphatic heterocycles. The van der Waals surface area contributed by atoms with E-state index in [1.54, 1.807) is 0 Å². The predicted molar refractivity (Wildman–Crippen MR) is 39.0 cm³/mol. The molecule has 9 heavy (non-hydrogen) atoms. The summed E-state index contributed by atoms with van der Waals surface area (Å²) >= 11 is 0. The van der Waals surface area contributed by atoms with Crippen molar-refractivity contribution in [2.24, 2.45) is 17.8 Å². The molecule has 0 N–H and O–H groups in total. The normalized spacial score (nSPS) is 46.8. The minimum absolute atomic E-state index is 0.764. The molecule has 0 saturated heterocycles. The van der Waals surface area contributed by atoms with Gasteiger partial charge in [-0.2, -0.15) is 0 Å². The summed E-state index contributed by atoms with van der Waals surface area (Å²) in [6.07, 6.45) is 5.92. The maximum Gasteiger partial charge on any atom is 0.00111 e.